The molecule has 1 aliphatic rings. The monoisotopic (exact) mass is 290 g/mol. The summed E-state index contributed by atoms with van der Waals surface area (Å²) in [6.07, 6.45) is 2.48. The van der Waals surface area contributed by atoms with Gasteiger partial charge in [-0.2, -0.15) is 0 Å². The second kappa shape index (κ2) is 8.09. The summed E-state index contributed by atoms with van der Waals surface area (Å²) in [5, 5.41) is 2.88. The average molecular weight is 290 g/mol. The van der Waals surface area contributed by atoms with Gasteiger partial charge in [0.1, 0.15) is 18.2 Å². The predicted molar refractivity (Wildman–Crippen MR) is 84.3 cm³/mol. The first kappa shape index (κ1) is 16.8. The number of nitrogens with zero attached hydrogens (tertiary/aromatic N) is 1. The van der Waals surface area contributed by atoms with Crippen LogP contribution in [-0.2, 0) is 4.79 Å². The van der Waals surface area contributed by atoms with Crippen molar-refractivity contribution < 1.29 is 14.3 Å². The Morgan fingerprint density at radius 2 is 1.76 bits per heavy atom. The molecule has 1 heterocycles. The van der Waals surface area contributed by atoms with Crippen molar-refractivity contribution >= 4 is 12.0 Å². The first-order valence-corrected chi connectivity index (χ1v) is 6.87. The van der Waals surface area contributed by atoms with Gasteiger partial charge in [-0.25, -0.2) is 0 Å². The fraction of sp³-hybridized carbons (Fsp3) is 0.375. The van der Waals surface area contributed by atoms with Crippen molar-refractivity contribution in [3.05, 3.63) is 35.0 Å². The summed E-state index contributed by atoms with van der Waals surface area (Å²) >= 11 is 0. The molecule has 1 N–H and O–H groups in total. The molecular weight excluding hydrogens is 268 g/mol. The third-order valence-electron chi connectivity index (χ3n) is 3.00. The zero-order valence-electron chi connectivity index (χ0n) is 13.2. The van der Waals surface area contributed by atoms with Crippen molar-refractivity contribution in [2.24, 2.45) is 4.99 Å². The van der Waals surface area contributed by atoms with Crippen LogP contribution in [0.1, 0.15) is 25.0 Å². The van der Waals surface area contributed by atoms with E-state index in [9.17, 15) is 4.79 Å². The van der Waals surface area contributed by atoms with Crippen LogP contribution in [-0.4, -0.2) is 32.9 Å². The molecule has 0 aromatic heterocycles. The van der Waals surface area contributed by atoms with Crippen LogP contribution in [0.15, 0.2) is 28.9 Å². The minimum absolute atomic E-state index is 0.387. The van der Waals surface area contributed by atoms with Crippen LogP contribution in [0.4, 0.5) is 0 Å². The molecule has 0 spiro atoms. The van der Waals surface area contributed by atoms with Crippen molar-refractivity contribution in [2.45, 2.75) is 20.8 Å². The van der Waals surface area contributed by atoms with Gasteiger partial charge in [-0.05, 0) is 25.1 Å². The number of allylic oxidation sites excluding steroid dienone is 2. The summed E-state index contributed by atoms with van der Waals surface area (Å²) < 4.78 is 10.7. The number of aldehydes is 1. The molecule has 0 aliphatic carbocycles. The number of aliphatic imine (C=N–C) groups is 1. The molecule has 1 aromatic carbocycles. The quantitative estimate of drug-likeness (QED) is 0.865. The Labute approximate surface area is 125 Å². The Morgan fingerprint density at radius 1 is 1.19 bits per heavy atom. The third-order valence-corrected chi connectivity index (χ3v) is 3.00. The summed E-state index contributed by atoms with van der Waals surface area (Å²) in [7, 11) is 3.23. The van der Waals surface area contributed by atoms with Gasteiger partial charge >= 0.3 is 0 Å². The van der Waals surface area contributed by atoms with E-state index in [0.29, 0.717) is 12.4 Å². The lowest BCUT2D eigenvalue weighted by Gasteiger charge is -2.15. The van der Waals surface area contributed by atoms with Gasteiger partial charge < -0.3 is 14.8 Å². The lowest BCUT2D eigenvalue weighted by Crippen LogP contribution is -2.21. The molecule has 0 bridgehead atoms. The summed E-state index contributed by atoms with van der Waals surface area (Å²) in [6, 6.07) is 3.78. The first-order valence-electron chi connectivity index (χ1n) is 6.87. The molecule has 21 heavy (non-hydrogen) atoms. The van der Waals surface area contributed by atoms with Gasteiger partial charge in [-0.1, -0.05) is 13.8 Å². The van der Waals surface area contributed by atoms with E-state index in [0.717, 1.165) is 34.6 Å². The summed E-state index contributed by atoms with van der Waals surface area (Å²) in [6.45, 7) is 6.32. The molecule has 0 fully saturated rings. The van der Waals surface area contributed by atoms with Gasteiger partial charge in [0, 0.05) is 11.1 Å². The van der Waals surface area contributed by atoms with Crippen LogP contribution in [0.2, 0.25) is 0 Å². The molecule has 1 aromatic rings. The van der Waals surface area contributed by atoms with Crippen molar-refractivity contribution in [1.82, 2.24) is 5.32 Å². The molecule has 0 saturated carbocycles. The Kier molecular flexibility index (Phi) is 6.46. The van der Waals surface area contributed by atoms with Crippen LogP contribution in [0, 0.1) is 6.92 Å². The van der Waals surface area contributed by atoms with Crippen LogP contribution in [0.25, 0.3) is 0 Å². The molecule has 114 valence electrons. The standard InChI is InChI=1S/C14H16N2O3.C2H6/c1-9-13(18-2)4-10(5-14(9)19-3)12-6-11(7-17)15-8-16-12;1-2/h4-7,15H,8H2,1-3H3;1-2H3. The van der Waals surface area contributed by atoms with Crippen LogP contribution in [0.5, 0.6) is 11.5 Å². The number of carbonyl (C=O) groups is 1. The van der Waals surface area contributed by atoms with E-state index in [2.05, 4.69) is 10.3 Å². The largest absolute Gasteiger partial charge is 0.496 e. The topological polar surface area (TPSA) is 59.9 Å². The number of hydrogen-bond donors (Lipinski definition) is 1. The average Bonchev–Trinajstić information content (AvgIpc) is 2.57. The van der Waals surface area contributed by atoms with Gasteiger partial charge in [-0.15, -0.1) is 0 Å². The summed E-state index contributed by atoms with van der Waals surface area (Å²) in [4.78, 5) is 15.1. The number of benzene rings is 1. The molecule has 0 amide bonds. The first-order chi connectivity index (χ1) is 10.2. The van der Waals surface area contributed by atoms with Gasteiger partial charge in [0.25, 0.3) is 0 Å². The molecule has 0 atom stereocenters. The Bertz CT molecular complexity index is 538. The Morgan fingerprint density at radius 3 is 2.24 bits per heavy atom. The van der Waals surface area contributed by atoms with Crippen LogP contribution < -0.4 is 14.8 Å². The predicted octanol–water partition coefficient (Wildman–Crippen LogP) is 2.47. The Balaban J connectivity index is 0.00000106. The number of methoxy groups -OCH3 is 2. The van der Waals surface area contributed by atoms with Gasteiger partial charge in [0.05, 0.1) is 25.6 Å². The number of rotatable bonds is 4. The highest BCUT2D eigenvalue weighted by atomic mass is 16.5. The maximum absolute atomic E-state index is 10.8. The van der Waals surface area contributed by atoms with E-state index in [1.807, 2.05) is 32.9 Å². The SMILES string of the molecule is CC.COc1cc(C2=NCNC(C=O)=C2)cc(OC)c1C. The van der Waals surface area contributed by atoms with E-state index in [4.69, 9.17) is 9.47 Å². The minimum Gasteiger partial charge on any atom is -0.496 e. The molecular formula is C16H22N2O3. The second-order valence-corrected chi connectivity index (χ2v) is 4.10. The molecule has 5 nitrogen and oxygen atoms in total. The van der Waals surface area contributed by atoms with Crippen molar-refractivity contribution in [1.29, 1.82) is 0 Å². The molecule has 0 saturated heterocycles. The number of nitrogens with one attached hydrogen (secondary N) is 1. The van der Waals surface area contributed by atoms with Gasteiger partial charge in [0.15, 0.2) is 6.29 Å². The normalized spacial score (nSPS) is 13.0. The van der Waals surface area contributed by atoms with E-state index < -0.39 is 0 Å². The van der Waals surface area contributed by atoms with E-state index in [-0.39, 0.29) is 0 Å². The van der Waals surface area contributed by atoms with E-state index >= 15 is 0 Å². The number of carbonyl (C=O) groups excluding carboxylic acids is 1. The fourth-order valence-electron chi connectivity index (χ4n) is 1.94. The van der Waals surface area contributed by atoms with Crippen molar-refractivity contribution in [3.8, 4) is 11.5 Å². The highest BCUT2D eigenvalue weighted by Gasteiger charge is 2.13. The van der Waals surface area contributed by atoms with Gasteiger partial charge in [0.2, 0.25) is 0 Å². The van der Waals surface area contributed by atoms with Crippen molar-refractivity contribution in [2.75, 3.05) is 20.9 Å². The second-order valence-electron chi connectivity index (χ2n) is 4.10. The minimum atomic E-state index is 0.387. The zero-order chi connectivity index (χ0) is 15.8. The third kappa shape index (κ3) is 3.84. The molecule has 1 aliphatic heterocycles. The Hall–Kier alpha value is -2.30. The van der Waals surface area contributed by atoms with Crippen LogP contribution in [0.3, 0.4) is 0 Å². The smallest absolute Gasteiger partial charge is 0.166 e. The summed E-state index contributed by atoms with van der Waals surface area (Å²) in [5.74, 6) is 1.47. The van der Waals surface area contributed by atoms with E-state index in [1.54, 1.807) is 20.3 Å². The fourth-order valence-corrected chi connectivity index (χ4v) is 1.94. The maximum atomic E-state index is 10.8. The maximum Gasteiger partial charge on any atom is 0.166 e. The lowest BCUT2D eigenvalue weighted by atomic mass is 10.0. The van der Waals surface area contributed by atoms with Gasteiger partial charge in [-0.3, -0.25) is 9.79 Å². The highest BCUT2D eigenvalue weighted by molar-refractivity contribution is 6.11. The molecule has 5 heteroatoms. The van der Waals surface area contributed by atoms with Crippen molar-refractivity contribution in [3.63, 3.8) is 0 Å². The highest BCUT2D eigenvalue weighted by Crippen LogP contribution is 2.30. The van der Waals surface area contributed by atoms with E-state index in [1.165, 1.54) is 0 Å². The lowest BCUT2D eigenvalue weighted by molar-refractivity contribution is -0.105. The molecule has 0 unspecified atom stereocenters. The zero-order valence-corrected chi connectivity index (χ0v) is 13.2. The number of ether oxygens (including phenoxy) is 2. The molecule has 2 rings (SSSR count). The number of hydrogen-bond acceptors (Lipinski definition) is 5. The van der Waals surface area contributed by atoms with Crippen LogP contribution >= 0.6 is 0 Å². The summed E-state index contributed by atoms with van der Waals surface area (Å²) in [5.41, 5.74) is 3.05. The molecule has 0 radical (unpaired) electrons.